The Balaban J connectivity index is 2.00. The van der Waals surface area contributed by atoms with Crippen LogP contribution in [-0.4, -0.2) is 38.7 Å². The van der Waals surface area contributed by atoms with Crippen LogP contribution in [0.1, 0.15) is 37.0 Å². The van der Waals surface area contributed by atoms with Crippen molar-refractivity contribution < 1.29 is 14.7 Å². The van der Waals surface area contributed by atoms with Crippen LogP contribution in [0.25, 0.3) is 10.2 Å². The lowest BCUT2D eigenvalue weighted by Crippen LogP contribution is -2.41. The number of H-pyrrole nitrogens is 1. The summed E-state index contributed by atoms with van der Waals surface area (Å²) in [6.45, 7) is 8.78. The molecule has 9 heteroatoms. The summed E-state index contributed by atoms with van der Waals surface area (Å²) in [5, 5.41) is 12.0. The Bertz CT molecular complexity index is 901. The molecule has 0 fully saturated rings. The van der Waals surface area contributed by atoms with E-state index in [9.17, 15) is 14.4 Å². The molecule has 26 heavy (non-hydrogen) atoms. The lowest BCUT2D eigenvalue weighted by atomic mass is 9.94. The number of fused-ring (bicyclic) bond motifs is 1. The second-order valence-corrected chi connectivity index (χ2v) is 9.37. The van der Waals surface area contributed by atoms with Gasteiger partial charge in [0.15, 0.2) is 0 Å². The molecule has 2 aromatic rings. The third-order valence-corrected chi connectivity index (χ3v) is 6.47. The number of carbonyl (C=O) groups is 2. The van der Waals surface area contributed by atoms with Crippen molar-refractivity contribution in [1.82, 2.24) is 15.3 Å². The van der Waals surface area contributed by atoms with Crippen LogP contribution in [0.3, 0.4) is 0 Å². The number of nitrogens with zero attached hydrogens (tertiary/aromatic N) is 1. The van der Waals surface area contributed by atoms with E-state index >= 15 is 0 Å². The maximum absolute atomic E-state index is 12.3. The highest BCUT2D eigenvalue weighted by Gasteiger charge is 2.28. The summed E-state index contributed by atoms with van der Waals surface area (Å²) >= 11 is 2.82. The predicted octanol–water partition coefficient (Wildman–Crippen LogP) is 2.45. The number of aryl methyl sites for hydroxylation is 2. The highest BCUT2D eigenvalue weighted by molar-refractivity contribution is 7.99. The van der Waals surface area contributed by atoms with E-state index < -0.39 is 16.6 Å². The van der Waals surface area contributed by atoms with E-state index in [2.05, 4.69) is 15.3 Å². The molecular weight excluding hydrogens is 374 g/mol. The summed E-state index contributed by atoms with van der Waals surface area (Å²) in [5.41, 5.74) is -0.230. The van der Waals surface area contributed by atoms with Crippen LogP contribution in [0, 0.1) is 19.3 Å². The van der Waals surface area contributed by atoms with Crippen molar-refractivity contribution in [3.8, 4) is 0 Å². The molecule has 0 bridgehead atoms. The van der Waals surface area contributed by atoms with Crippen LogP contribution in [0.2, 0.25) is 0 Å². The predicted molar refractivity (Wildman–Crippen MR) is 105 cm³/mol. The van der Waals surface area contributed by atoms with E-state index in [0.717, 1.165) is 10.4 Å². The van der Waals surface area contributed by atoms with Gasteiger partial charge in [0, 0.05) is 11.4 Å². The lowest BCUT2D eigenvalue weighted by Gasteiger charge is -2.20. The molecule has 142 valence electrons. The topological polar surface area (TPSA) is 112 Å². The molecule has 3 N–H and O–H groups in total. The molecule has 7 nitrogen and oxygen atoms in total. The number of carboxylic acids is 1. The minimum atomic E-state index is -1.02. The molecule has 0 aliphatic heterocycles. The largest absolute Gasteiger partial charge is 0.481 e. The van der Waals surface area contributed by atoms with Crippen LogP contribution < -0.4 is 10.9 Å². The Labute approximate surface area is 159 Å². The Hall–Kier alpha value is -1.87. The van der Waals surface area contributed by atoms with Gasteiger partial charge in [-0.15, -0.1) is 23.1 Å². The number of thiophene rings is 1. The van der Waals surface area contributed by atoms with Crippen molar-refractivity contribution in [3.05, 3.63) is 26.6 Å². The number of hydrogen-bond donors (Lipinski definition) is 3. The number of nitrogens with one attached hydrogen (secondary N) is 2. The van der Waals surface area contributed by atoms with Crippen LogP contribution in [0.15, 0.2) is 4.79 Å². The lowest BCUT2D eigenvalue weighted by molar-refractivity contribution is -0.146. The number of carboxylic acid groups (broad SMARTS) is 1. The standard InChI is InChI=1S/C17H23N3O4S2/c1-8-9(2)26-15-12(8)14(22)19-11(20-15)6-25-10(3)13(21)18-7-17(4,5)16(23)24/h10H,6-7H2,1-5H3,(H,18,21)(H,23,24)(H,19,20,22). The molecule has 1 amide bonds. The zero-order valence-corrected chi connectivity index (χ0v) is 17.1. The Morgan fingerprint density at radius 1 is 1.38 bits per heavy atom. The smallest absolute Gasteiger partial charge is 0.310 e. The maximum Gasteiger partial charge on any atom is 0.310 e. The summed E-state index contributed by atoms with van der Waals surface area (Å²) in [6.07, 6.45) is 0. The first-order valence-corrected chi connectivity index (χ1v) is 10.0. The number of aromatic nitrogens is 2. The Kier molecular flexibility index (Phi) is 6.13. The Morgan fingerprint density at radius 3 is 2.65 bits per heavy atom. The second-order valence-electron chi connectivity index (χ2n) is 6.84. The third kappa shape index (κ3) is 4.45. The maximum atomic E-state index is 12.3. The van der Waals surface area contributed by atoms with Crippen LogP contribution in [0.5, 0.6) is 0 Å². The monoisotopic (exact) mass is 397 g/mol. The first kappa shape index (κ1) is 20.4. The fraction of sp³-hybridized carbons (Fsp3) is 0.529. The quantitative estimate of drug-likeness (QED) is 0.662. The number of hydrogen-bond acceptors (Lipinski definition) is 6. The minimum absolute atomic E-state index is 0.0564. The number of aliphatic carboxylic acids is 1. The summed E-state index contributed by atoms with van der Waals surface area (Å²) in [6, 6.07) is 0. The highest BCUT2D eigenvalue weighted by Crippen LogP contribution is 2.26. The normalized spacial score (nSPS) is 13.0. The molecule has 0 spiro atoms. The molecule has 2 aromatic heterocycles. The average Bonchev–Trinajstić information content (AvgIpc) is 2.85. The van der Waals surface area contributed by atoms with Crippen LogP contribution >= 0.6 is 23.1 Å². The zero-order valence-electron chi connectivity index (χ0n) is 15.4. The fourth-order valence-electron chi connectivity index (χ4n) is 2.17. The molecule has 2 heterocycles. The van der Waals surface area contributed by atoms with Gasteiger partial charge < -0.3 is 15.4 Å². The fourth-order valence-corrected chi connectivity index (χ4v) is 4.00. The number of rotatable bonds is 7. The van der Waals surface area contributed by atoms with E-state index in [1.165, 1.54) is 23.1 Å². The molecule has 0 aromatic carbocycles. The van der Waals surface area contributed by atoms with E-state index in [4.69, 9.17) is 5.11 Å². The van der Waals surface area contributed by atoms with Crippen molar-refractivity contribution in [2.24, 2.45) is 5.41 Å². The minimum Gasteiger partial charge on any atom is -0.481 e. The average molecular weight is 398 g/mol. The van der Waals surface area contributed by atoms with Crippen molar-refractivity contribution in [3.63, 3.8) is 0 Å². The molecule has 0 saturated carbocycles. The second kappa shape index (κ2) is 7.79. The number of thioether (sulfide) groups is 1. The SMILES string of the molecule is Cc1sc2nc(CSC(C)C(=O)NCC(C)(C)C(=O)O)[nH]c(=O)c2c1C. The zero-order chi connectivity index (χ0) is 19.6. The van der Waals surface area contributed by atoms with Gasteiger partial charge in [0.1, 0.15) is 10.7 Å². The van der Waals surface area contributed by atoms with Gasteiger partial charge in [0.2, 0.25) is 5.91 Å². The van der Waals surface area contributed by atoms with Gasteiger partial charge >= 0.3 is 5.97 Å². The molecule has 0 aliphatic rings. The molecule has 1 atom stereocenters. The van der Waals surface area contributed by atoms with Crippen molar-refractivity contribution in [2.45, 2.75) is 45.6 Å². The first-order chi connectivity index (χ1) is 12.0. The summed E-state index contributed by atoms with van der Waals surface area (Å²) in [7, 11) is 0. The van der Waals surface area contributed by atoms with Gasteiger partial charge in [-0.1, -0.05) is 0 Å². The van der Waals surface area contributed by atoms with E-state index in [1.807, 2.05) is 13.8 Å². The molecule has 1 unspecified atom stereocenters. The molecule has 0 saturated heterocycles. The molecule has 2 rings (SSSR count). The van der Waals surface area contributed by atoms with Crippen molar-refractivity contribution in [1.29, 1.82) is 0 Å². The van der Waals surface area contributed by atoms with E-state index in [1.54, 1.807) is 20.8 Å². The number of aromatic amines is 1. The third-order valence-electron chi connectivity index (χ3n) is 4.21. The van der Waals surface area contributed by atoms with E-state index in [-0.39, 0.29) is 18.0 Å². The summed E-state index contributed by atoms with van der Waals surface area (Å²) < 4.78 is 0. The van der Waals surface area contributed by atoms with E-state index in [0.29, 0.717) is 21.8 Å². The van der Waals surface area contributed by atoms with Gasteiger partial charge in [-0.25, -0.2) is 4.98 Å². The molecule has 0 radical (unpaired) electrons. The van der Waals surface area contributed by atoms with Gasteiger partial charge in [0.25, 0.3) is 5.56 Å². The first-order valence-electron chi connectivity index (χ1n) is 8.14. The highest BCUT2D eigenvalue weighted by atomic mass is 32.2. The van der Waals surface area contributed by atoms with Crippen LogP contribution in [0.4, 0.5) is 0 Å². The number of carbonyl (C=O) groups excluding carboxylic acids is 1. The summed E-state index contributed by atoms with van der Waals surface area (Å²) in [4.78, 5) is 44.5. The Morgan fingerprint density at radius 2 is 2.04 bits per heavy atom. The van der Waals surface area contributed by atoms with Gasteiger partial charge in [-0.2, -0.15) is 0 Å². The molecular formula is C17H23N3O4S2. The van der Waals surface area contributed by atoms with Gasteiger partial charge in [-0.3, -0.25) is 14.4 Å². The number of amides is 1. The van der Waals surface area contributed by atoms with Gasteiger partial charge in [-0.05, 0) is 40.2 Å². The van der Waals surface area contributed by atoms with Crippen LogP contribution in [-0.2, 0) is 15.3 Å². The summed E-state index contributed by atoms with van der Waals surface area (Å²) in [5.74, 6) is -0.289. The molecule has 0 aliphatic carbocycles. The van der Waals surface area contributed by atoms with Crippen molar-refractivity contribution in [2.75, 3.05) is 6.54 Å². The van der Waals surface area contributed by atoms with Gasteiger partial charge in [0.05, 0.1) is 21.8 Å². The van der Waals surface area contributed by atoms with Crippen molar-refractivity contribution >= 4 is 45.2 Å².